The maximum Gasteiger partial charge on any atom is 0.263 e. The molecule has 2 aromatic carbocycles. The summed E-state index contributed by atoms with van der Waals surface area (Å²) in [7, 11) is 0. The summed E-state index contributed by atoms with van der Waals surface area (Å²) in [4.78, 5) is 36.4. The van der Waals surface area contributed by atoms with Crippen LogP contribution in [-0.2, 0) is 9.59 Å². The second kappa shape index (κ2) is 5.49. The zero-order valence-corrected chi connectivity index (χ0v) is 11.7. The average molecular weight is 311 g/mol. The van der Waals surface area contributed by atoms with Crippen LogP contribution in [-0.4, -0.2) is 22.6 Å². The average Bonchev–Trinajstić information content (AvgIpc) is 2.55. The molecule has 0 aliphatic heterocycles. The first kappa shape index (κ1) is 14.6. The van der Waals surface area contributed by atoms with Gasteiger partial charge in [0.2, 0.25) is 11.6 Å². The summed E-state index contributed by atoms with van der Waals surface area (Å²) >= 11 is 0. The van der Waals surface area contributed by atoms with E-state index in [0.29, 0.717) is 0 Å². The van der Waals surface area contributed by atoms with E-state index in [0.717, 1.165) is 12.1 Å². The van der Waals surface area contributed by atoms with E-state index in [1.165, 1.54) is 24.3 Å². The number of Topliss-reactive ketones (excluding diaryl/α,β-unsaturated/α-hetero) is 2. The molecule has 0 atom stereocenters. The Morgan fingerprint density at radius 1 is 0.913 bits per heavy atom. The van der Waals surface area contributed by atoms with E-state index in [2.05, 4.69) is 5.32 Å². The minimum atomic E-state index is -1.08. The molecule has 0 fully saturated rings. The molecule has 0 unspecified atom stereocenters. The van der Waals surface area contributed by atoms with Gasteiger partial charge in [-0.25, -0.2) is 4.39 Å². The molecule has 5 nitrogen and oxygen atoms in total. The van der Waals surface area contributed by atoms with E-state index >= 15 is 0 Å². The summed E-state index contributed by atoms with van der Waals surface area (Å²) in [5.74, 6) is -3.90. The van der Waals surface area contributed by atoms with Crippen molar-refractivity contribution >= 4 is 28.9 Å². The van der Waals surface area contributed by atoms with Crippen LogP contribution < -0.4 is 5.32 Å². The number of anilines is 1. The quantitative estimate of drug-likeness (QED) is 0.659. The molecule has 1 amide bonds. The van der Waals surface area contributed by atoms with Crippen molar-refractivity contribution < 1.29 is 23.9 Å². The van der Waals surface area contributed by atoms with E-state index in [-0.39, 0.29) is 16.8 Å². The van der Waals surface area contributed by atoms with Crippen molar-refractivity contribution in [2.75, 3.05) is 5.32 Å². The van der Waals surface area contributed by atoms with Gasteiger partial charge in [0.1, 0.15) is 17.1 Å². The smallest absolute Gasteiger partial charge is 0.263 e. The first-order valence-corrected chi connectivity index (χ1v) is 6.67. The molecular formula is C17H10FNO4. The van der Waals surface area contributed by atoms with Gasteiger partial charge in [-0.1, -0.05) is 24.3 Å². The van der Waals surface area contributed by atoms with E-state index in [9.17, 15) is 23.9 Å². The van der Waals surface area contributed by atoms with Crippen LogP contribution >= 0.6 is 0 Å². The fourth-order valence-electron chi connectivity index (χ4n) is 2.30. The highest BCUT2D eigenvalue weighted by molar-refractivity contribution is 6.57. The number of fused-ring (bicyclic) bond motifs is 1. The Kier molecular flexibility index (Phi) is 3.50. The first-order chi connectivity index (χ1) is 11.0. The Labute approximate surface area is 130 Å². The van der Waals surface area contributed by atoms with Gasteiger partial charge in [0.25, 0.3) is 5.91 Å². The molecular weight excluding hydrogens is 301 g/mol. The Morgan fingerprint density at radius 3 is 2.17 bits per heavy atom. The number of rotatable bonds is 2. The number of halogens is 1. The third-order valence-corrected chi connectivity index (χ3v) is 3.43. The van der Waals surface area contributed by atoms with Crippen LogP contribution in [0.2, 0.25) is 0 Å². The van der Waals surface area contributed by atoms with Gasteiger partial charge in [-0.05, 0) is 24.3 Å². The number of aliphatic hydroxyl groups is 1. The molecule has 6 heteroatoms. The van der Waals surface area contributed by atoms with Gasteiger partial charge in [0.05, 0.1) is 0 Å². The van der Waals surface area contributed by atoms with Crippen molar-refractivity contribution in [1.29, 1.82) is 0 Å². The van der Waals surface area contributed by atoms with E-state index in [4.69, 9.17) is 0 Å². The van der Waals surface area contributed by atoms with Crippen molar-refractivity contribution in [1.82, 2.24) is 0 Å². The van der Waals surface area contributed by atoms with Gasteiger partial charge in [0, 0.05) is 16.8 Å². The normalized spacial score (nSPS) is 13.8. The Hall–Kier alpha value is -3.28. The minimum absolute atomic E-state index is 0.0494. The van der Waals surface area contributed by atoms with Crippen molar-refractivity contribution in [2.45, 2.75) is 0 Å². The molecule has 0 heterocycles. The molecule has 0 aromatic heterocycles. The summed E-state index contributed by atoms with van der Waals surface area (Å²) in [6.07, 6.45) is 0. The monoisotopic (exact) mass is 311 g/mol. The van der Waals surface area contributed by atoms with Gasteiger partial charge >= 0.3 is 0 Å². The van der Waals surface area contributed by atoms with Crippen LogP contribution in [0.4, 0.5) is 10.1 Å². The topological polar surface area (TPSA) is 83.5 Å². The van der Waals surface area contributed by atoms with Crippen molar-refractivity contribution in [2.24, 2.45) is 0 Å². The molecule has 1 aliphatic rings. The standard InChI is InChI=1S/C17H10FNO4/c18-9-5-7-10(8-6-9)19-17(23)13-14(20)11-3-1-2-4-12(11)15(21)16(13)22/h1-8,20H,(H,19,23). The minimum Gasteiger partial charge on any atom is -0.506 e. The lowest BCUT2D eigenvalue weighted by Crippen LogP contribution is -2.31. The molecule has 0 bridgehead atoms. The van der Waals surface area contributed by atoms with E-state index in [1.807, 2.05) is 0 Å². The van der Waals surface area contributed by atoms with E-state index in [1.54, 1.807) is 12.1 Å². The third kappa shape index (κ3) is 2.50. The molecule has 3 rings (SSSR count). The van der Waals surface area contributed by atoms with Crippen LogP contribution in [0.3, 0.4) is 0 Å². The Balaban J connectivity index is 2.00. The summed E-state index contributed by atoms with van der Waals surface area (Å²) in [5, 5.41) is 12.5. The maximum atomic E-state index is 12.9. The lowest BCUT2D eigenvalue weighted by molar-refractivity contribution is -0.118. The number of amides is 1. The van der Waals surface area contributed by atoms with Gasteiger partial charge in [-0.15, -0.1) is 0 Å². The number of hydrogen-bond acceptors (Lipinski definition) is 4. The van der Waals surface area contributed by atoms with Crippen LogP contribution in [0.15, 0.2) is 54.1 Å². The lowest BCUT2D eigenvalue weighted by atomic mass is 9.88. The third-order valence-electron chi connectivity index (χ3n) is 3.43. The summed E-state index contributed by atoms with van der Waals surface area (Å²) in [6.45, 7) is 0. The zero-order chi connectivity index (χ0) is 16.6. The second-order valence-corrected chi connectivity index (χ2v) is 4.89. The second-order valence-electron chi connectivity index (χ2n) is 4.89. The van der Waals surface area contributed by atoms with Crippen LogP contribution in [0.25, 0.3) is 5.76 Å². The molecule has 0 saturated heterocycles. The maximum absolute atomic E-state index is 12.9. The molecule has 114 valence electrons. The predicted molar refractivity (Wildman–Crippen MR) is 80.4 cm³/mol. The first-order valence-electron chi connectivity index (χ1n) is 6.67. The van der Waals surface area contributed by atoms with Crippen LogP contribution in [0.1, 0.15) is 15.9 Å². The van der Waals surface area contributed by atoms with E-state index < -0.39 is 34.6 Å². The molecule has 2 aromatic rings. The predicted octanol–water partition coefficient (Wildman–Crippen LogP) is 2.50. The molecule has 0 saturated carbocycles. The number of benzene rings is 2. The Morgan fingerprint density at radius 2 is 1.52 bits per heavy atom. The van der Waals surface area contributed by atoms with Gasteiger partial charge in [-0.3, -0.25) is 14.4 Å². The SMILES string of the molecule is O=C(Nc1ccc(F)cc1)C1=C(O)c2ccccc2C(=O)C1=O. The summed E-state index contributed by atoms with van der Waals surface area (Å²) in [5.41, 5.74) is -0.219. The number of carbonyl (C=O) groups is 3. The Bertz CT molecular complexity index is 868. The zero-order valence-electron chi connectivity index (χ0n) is 11.7. The van der Waals surface area contributed by atoms with Gasteiger partial charge < -0.3 is 10.4 Å². The molecule has 0 radical (unpaired) electrons. The lowest BCUT2D eigenvalue weighted by Gasteiger charge is -2.17. The highest BCUT2D eigenvalue weighted by Crippen LogP contribution is 2.28. The number of nitrogens with one attached hydrogen (secondary N) is 1. The fourth-order valence-corrected chi connectivity index (χ4v) is 2.30. The van der Waals surface area contributed by atoms with Gasteiger partial charge in [0.15, 0.2) is 0 Å². The van der Waals surface area contributed by atoms with Crippen LogP contribution in [0.5, 0.6) is 0 Å². The molecule has 1 aliphatic carbocycles. The molecule has 2 N–H and O–H groups in total. The highest BCUT2D eigenvalue weighted by atomic mass is 19.1. The van der Waals surface area contributed by atoms with Crippen molar-refractivity contribution in [3.05, 3.63) is 71.0 Å². The fraction of sp³-hybridized carbons (Fsp3) is 0. The van der Waals surface area contributed by atoms with Crippen molar-refractivity contribution in [3.8, 4) is 0 Å². The number of hydrogen-bond donors (Lipinski definition) is 2. The largest absolute Gasteiger partial charge is 0.506 e. The van der Waals surface area contributed by atoms with Crippen LogP contribution in [0, 0.1) is 5.82 Å². The van der Waals surface area contributed by atoms with Crippen molar-refractivity contribution in [3.63, 3.8) is 0 Å². The number of ketones is 2. The molecule has 23 heavy (non-hydrogen) atoms. The number of carbonyl (C=O) groups excluding carboxylic acids is 3. The number of aliphatic hydroxyl groups excluding tert-OH is 1. The summed E-state index contributed by atoms with van der Waals surface area (Å²) in [6, 6.07) is 10.8. The molecule has 0 spiro atoms. The highest BCUT2D eigenvalue weighted by Gasteiger charge is 2.36. The van der Waals surface area contributed by atoms with Gasteiger partial charge in [-0.2, -0.15) is 0 Å². The summed E-state index contributed by atoms with van der Waals surface area (Å²) < 4.78 is 12.9.